The van der Waals surface area contributed by atoms with Gasteiger partial charge in [-0.15, -0.1) is 0 Å². The fourth-order valence-corrected chi connectivity index (χ4v) is 6.98. The monoisotopic (exact) mass is 372 g/mol. The van der Waals surface area contributed by atoms with Crippen LogP contribution >= 0.6 is 23.4 Å². The lowest BCUT2D eigenvalue weighted by molar-refractivity contribution is -0.117. The largest absolute Gasteiger partial charge is 0.315 e. The molecule has 0 saturated carbocycles. The third-order valence-electron chi connectivity index (χ3n) is 4.09. The zero-order valence-electron chi connectivity index (χ0n) is 12.8. The molecular weight excluding hydrogens is 356 g/mol. The number of fused-ring (bicyclic) bond motifs is 1. The van der Waals surface area contributed by atoms with Gasteiger partial charge < -0.3 is 4.90 Å². The van der Waals surface area contributed by atoms with E-state index >= 15 is 0 Å². The fraction of sp³-hybridized carbons (Fsp3) is 0.467. The van der Waals surface area contributed by atoms with Crippen molar-refractivity contribution in [1.82, 2.24) is 0 Å². The van der Waals surface area contributed by atoms with E-state index in [0.717, 1.165) is 11.3 Å². The fourth-order valence-electron chi connectivity index (χ4n) is 2.89. The van der Waals surface area contributed by atoms with E-state index in [9.17, 15) is 13.2 Å². The summed E-state index contributed by atoms with van der Waals surface area (Å²) in [7, 11) is -3.06. The van der Waals surface area contributed by atoms with E-state index in [4.69, 9.17) is 11.6 Å². The highest BCUT2D eigenvalue weighted by molar-refractivity contribution is 8.16. The van der Waals surface area contributed by atoms with Gasteiger partial charge in [-0.1, -0.05) is 36.4 Å². The number of sulfone groups is 1. The van der Waals surface area contributed by atoms with Gasteiger partial charge in [0, 0.05) is 22.4 Å². The van der Waals surface area contributed by atoms with Gasteiger partial charge in [-0.25, -0.2) is 8.42 Å². The lowest BCUT2D eigenvalue weighted by Gasteiger charge is -2.26. The first kappa shape index (κ1) is 16.8. The van der Waals surface area contributed by atoms with Crippen molar-refractivity contribution in [2.24, 2.45) is 4.99 Å². The van der Waals surface area contributed by atoms with Crippen LogP contribution in [0.2, 0.25) is 5.02 Å². The average Bonchev–Trinajstić information content (AvgIpc) is 2.93. The number of amides is 1. The van der Waals surface area contributed by atoms with Crippen LogP contribution in [0.4, 0.5) is 5.69 Å². The van der Waals surface area contributed by atoms with E-state index < -0.39 is 9.84 Å². The Morgan fingerprint density at radius 1 is 1.43 bits per heavy atom. The first-order valence-corrected chi connectivity index (χ1v) is 10.4. The number of carbonyl (C=O) groups excluding carboxylic acids is 1. The number of hydrogen-bond donors (Lipinski definition) is 0. The topological polar surface area (TPSA) is 66.8 Å². The zero-order valence-corrected chi connectivity index (χ0v) is 15.2. The van der Waals surface area contributed by atoms with Crippen molar-refractivity contribution in [3.8, 4) is 0 Å². The average molecular weight is 373 g/mol. The zero-order chi connectivity index (χ0) is 16.8. The molecule has 124 valence electrons. The predicted octanol–water partition coefficient (Wildman–Crippen LogP) is 2.66. The number of amidine groups is 1. The first-order chi connectivity index (χ1) is 10.8. The number of thioether (sulfide) groups is 1. The molecule has 1 amide bonds. The Bertz CT molecular complexity index is 792. The highest BCUT2D eigenvalue weighted by Crippen LogP contribution is 2.42. The van der Waals surface area contributed by atoms with E-state index in [1.54, 1.807) is 13.0 Å². The molecule has 2 heterocycles. The minimum Gasteiger partial charge on any atom is -0.315 e. The second-order valence-electron chi connectivity index (χ2n) is 5.70. The first-order valence-electron chi connectivity index (χ1n) is 7.35. The maximum absolute atomic E-state index is 12.0. The maximum atomic E-state index is 12.0. The van der Waals surface area contributed by atoms with Crippen molar-refractivity contribution in [3.05, 3.63) is 28.8 Å². The number of aliphatic imine (C=N–C) groups is 1. The van der Waals surface area contributed by atoms with Crippen molar-refractivity contribution in [2.45, 2.75) is 31.6 Å². The number of rotatable bonds is 2. The Balaban J connectivity index is 2.09. The third-order valence-corrected chi connectivity index (χ3v) is 7.71. The number of halogens is 1. The molecule has 2 saturated heterocycles. The molecule has 0 radical (unpaired) electrons. The van der Waals surface area contributed by atoms with Gasteiger partial charge in [-0.05, 0) is 24.6 Å². The quantitative estimate of drug-likeness (QED) is 0.798. The van der Waals surface area contributed by atoms with Gasteiger partial charge in [0.05, 0.1) is 17.5 Å². The van der Waals surface area contributed by atoms with Gasteiger partial charge in [-0.3, -0.25) is 4.79 Å². The molecule has 3 rings (SSSR count). The van der Waals surface area contributed by atoms with Crippen molar-refractivity contribution in [3.63, 3.8) is 0 Å². The van der Waals surface area contributed by atoms with Crippen molar-refractivity contribution < 1.29 is 13.2 Å². The van der Waals surface area contributed by atoms with Crippen LogP contribution in [0.25, 0.3) is 0 Å². The molecule has 1 aromatic carbocycles. The number of benzene rings is 1. The Hall–Kier alpha value is -1.05. The van der Waals surface area contributed by atoms with E-state index in [2.05, 4.69) is 4.99 Å². The van der Waals surface area contributed by atoms with E-state index in [-0.39, 0.29) is 28.7 Å². The summed E-state index contributed by atoms with van der Waals surface area (Å²) in [6, 6.07) is 5.30. The summed E-state index contributed by atoms with van der Waals surface area (Å²) in [5.74, 6) is -0.00620. The molecule has 0 unspecified atom stereocenters. The van der Waals surface area contributed by atoms with E-state index in [1.165, 1.54) is 11.8 Å². The van der Waals surface area contributed by atoms with Gasteiger partial charge in [-0.2, -0.15) is 4.99 Å². The van der Waals surface area contributed by atoms with Crippen LogP contribution in [0.5, 0.6) is 0 Å². The van der Waals surface area contributed by atoms with Gasteiger partial charge in [0.1, 0.15) is 0 Å². The number of hydrogen-bond acceptors (Lipinski definition) is 4. The third kappa shape index (κ3) is 3.14. The van der Waals surface area contributed by atoms with E-state index in [1.807, 2.05) is 24.0 Å². The van der Waals surface area contributed by atoms with Crippen molar-refractivity contribution >= 4 is 50.0 Å². The van der Waals surface area contributed by atoms with Crippen LogP contribution in [0.1, 0.15) is 18.9 Å². The Morgan fingerprint density at radius 2 is 2.17 bits per heavy atom. The standard InChI is InChI=1S/C15H17ClN2O3S2/c1-3-14(19)17-15-18(11-6-4-5-10(16)9(11)2)12-7-23(20,21)8-13(12)22-15/h4-6,12-13H,3,7-8H2,1-2H3/t12-,13+/m0/s1. The molecule has 0 spiro atoms. The van der Waals surface area contributed by atoms with Crippen LogP contribution in [-0.2, 0) is 14.6 Å². The summed E-state index contributed by atoms with van der Waals surface area (Å²) < 4.78 is 24.0. The second kappa shape index (κ2) is 6.11. The molecular formula is C15H17ClN2O3S2. The molecule has 2 fully saturated rings. The smallest absolute Gasteiger partial charge is 0.247 e. The van der Waals surface area contributed by atoms with Crippen LogP contribution in [0.15, 0.2) is 23.2 Å². The van der Waals surface area contributed by atoms with Crippen molar-refractivity contribution in [1.29, 1.82) is 0 Å². The molecule has 2 aliphatic rings. The normalized spacial score (nSPS) is 27.4. The molecule has 5 nitrogen and oxygen atoms in total. The van der Waals surface area contributed by atoms with E-state index in [0.29, 0.717) is 16.6 Å². The molecule has 2 aliphatic heterocycles. The molecule has 0 aliphatic carbocycles. The number of carbonyl (C=O) groups is 1. The summed E-state index contributed by atoms with van der Waals surface area (Å²) in [4.78, 5) is 17.8. The van der Waals surface area contributed by atoms with Gasteiger partial charge in [0.15, 0.2) is 15.0 Å². The Labute approximate surface area is 145 Å². The number of nitrogens with zero attached hydrogens (tertiary/aromatic N) is 2. The van der Waals surface area contributed by atoms with Gasteiger partial charge >= 0.3 is 0 Å². The minimum atomic E-state index is -3.06. The highest BCUT2D eigenvalue weighted by atomic mass is 35.5. The summed E-state index contributed by atoms with van der Waals surface area (Å²) in [5, 5.41) is 1.09. The lowest BCUT2D eigenvalue weighted by atomic mass is 10.1. The number of anilines is 1. The molecule has 0 N–H and O–H groups in total. The molecule has 23 heavy (non-hydrogen) atoms. The second-order valence-corrected chi connectivity index (χ2v) is 9.46. The van der Waals surface area contributed by atoms with Gasteiger partial charge in [0.2, 0.25) is 5.91 Å². The van der Waals surface area contributed by atoms with Crippen LogP contribution in [0, 0.1) is 6.92 Å². The summed E-state index contributed by atoms with van der Waals surface area (Å²) >= 11 is 7.59. The van der Waals surface area contributed by atoms with Crippen LogP contribution < -0.4 is 4.90 Å². The van der Waals surface area contributed by atoms with Crippen molar-refractivity contribution in [2.75, 3.05) is 16.4 Å². The lowest BCUT2D eigenvalue weighted by Crippen LogP contribution is -2.38. The Kier molecular flexibility index (Phi) is 4.46. The summed E-state index contributed by atoms with van der Waals surface area (Å²) in [5.41, 5.74) is 1.67. The summed E-state index contributed by atoms with van der Waals surface area (Å²) in [6.45, 7) is 3.64. The Morgan fingerprint density at radius 3 is 2.87 bits per heavy atom. The molecule has 8 heteroatoms. The molecule has 1 aromatic rings. The highest BCUT2D eigenvalue weighted by Gasteiger charge is 2.49. The summed E-state index contributed by atoms with van der Waals surface area (Å²) in [6.07, 6.45) is 0.320. The van der Waals surface area contributed by atoms with Crippen LogP contribution in [0.3, 0.4) is 0 Å². The molecule has 0 bridgehead atoms. The molecule has 2 atom stereocenters. The SMILES string of the molecule is CCC(=O)N=C1S[C@@H]2CS(=O)(=O)C[C@@H]2N1c1cccc(Cl)c1C. The molecule has 0 aromatic heterocycles. The maximum Gasteiger partial charge on any atom is 0.247 e. The minimum absolute atomic E-state index is 0.0793. The van der Waals surface area contributed by atoms with Crippen LogP contribution in [-0.4, -0.2) is 42.3 Å². The van der Waals surface area contributed by atoms with Gasteiger partial charge in [0.25, 0.3) is 0 Å². The predicted molar refractivity (Wildman–Crippen MR) is 95.2 cm³/mol.